The number of nitrogens with one attached hydrogen (secondary N) is 1. The molecule has 1 aromatic carbocycles. The van der Waals surface area contributed by atoms with Crippen molar-refractivity contribution in [2.24, 2.45) is 5.10 Å². The second kappa shape index (κ2) is 6.73. The lowest BCUT2D eigenvalue weighted by Gasteiger charge is -2.32. The Morgan fingerprint density at radius 1 is 1.33 bits per heavy atom. The average molecular weight is 331 g/mol. The number of carbonyl (C=O) groups excluding carboxylic acids is 1. The average Bonchev–Trinajstić information content (AvgIpc) is 3.00. The Kier molecular flexibility index (Phi) is 4.66. The van der Waals surface area contributed by atoms with E-state index >= 15 is 0 Å². The van der Waals surface area contributed by atoms with Crippen molar-refractivity contribution < 1.29 is 9.18 Å². The zero-order valence-corrected chi connectivity index (χ0v) is 14.2. The van der Waals surface area contributed by atoms with Gasteiger partial charge in [0.15, 0.2) is 11.9 Å². The van der Waals surface area contributed by atoms with Gasteiger partial charge >= 0.3 is 0 Å². The summed E-state index contributed by atoms with van der Waals surface area (Å²) in [6, 6.07) is 6.85. The van der Waals surface area contributed by atoms with Crippen molar-refractivity contribution in [2.45, 2.75) is 32.7 Å². The SMILES string of the molecule is CC[N+]1(c2ccc(F)cc2)C=C(NC2CCN(C(C)=O)CC2)C=N1. The lowest BCUT2D eigenvalue weighted by atomic mass is 10.0. The van der Waals surface area contributed by atoms with Crippen LogP contribution in [0.4, 0.5) is 10.1 Å². The lowest BCUT2D eigenvalue weighted by Crippen LogP contribution is -2.44. The van der Waals surface area contributed by atoms with E-state index in [0.717, 1.165) is 43.9 Å². The summed E-state index contributed by atoms with van der Waals surface area (Å²) in [7, 11) is 0. The largest absolute Gasteiger partial charge is 0.376 e. The van der Waals surface area contributed by atoms with E-state index in [1.165, 1.54) is 12.1 Å². The van der Waals surface area contributed by atoms with Crippen molar-refractivity contribution in [1.29, 1.82) is 0 Å². The minimum atomic E-state index is -0.240. The maximum atomic E-state index is 13.2. The topological polar surface area (TPSA) is 44.7 Å². The normalized spacial score (nSPS) is 24.1. The number of nitrogens with zero attached hydrogens (tertiary/aromatic N) is 3. The number of piperidine rings is 1. The minimum Gasteiger partial charge on any atom is -0.376 e. The molecule has 2 aliphatic rings. The van der Waals surface area contributed by atoms with Crippen LogP contribution in [0.5, 0.6) is 0 Å². The molecule has 1 unspecified atom stereocenters. The van der Waals surface area contributed by atoms with Crippen LogP contribution in [0.25, 0.3) is 0 Å². The first kappa shape index (κ1) is 16.6. The molecule has 1 N–H and O–H groups in total. The molecule has 24 heavy (non-hydrogen) atoms. The number of likely N-dealkylation sites (tertiary alicyclic amines) is 1. The highest BCUT2D eigenvalue weighted by Crippen LogP contribution is 2.28. The van der Waals surface area contributed by atoms with Crippen molar-refractivity contribution in [3.05, 3.63) is 42.0 Å². The fourth-order valence-corrected chi connectivity index (χ4v) is 3.31. The molecule has 0 radical (unpaired) electrons. The summed E-state index contributed by atoms with van der Waals surface area (Å²) in [4.78, 5) is 13.3. The smallest absolute Gasteiger partial charge is 0.219 e. The van der Waals surface area contributed by atoms with E-state index in [1.54, 1.807) is 19.1 Å². The molecule has 6 heteroatoms. The van der Waals surface area contributed by atoms with Crippen molar-refractivity contribution in [3.63, 3.8) is 0 Å². The standard InChI is InChI=1S/C18H24FN4O/c1-3-23(18-6-4-15(19)5-7-18)13-17(12-20-23)21-16-8-10-22(11-9-16)14(2)24/h4-7,12-13,16,21H,3,8-11H2,1-2H3/q+1. The Morgan fingerprint density at radius 3 is 2.58 bits per heavy atom. The van der Waals surface area contributed by atoms with E-state index < -0.39 is 0 Å². The molecule has 2 aliphatic heterocycles. The molecule has 1 atom stereocenters. The van der Waals surface area contributed by atoms with Gasteiger partial charge in [-0.1, -0.05) is 5.10 Å². The van der Waals surface area contributed by atoms with Crippen LogP contribution in [0.15, 0.2) is 41.3 Å². The molecular formula is C18H24FN4O+. The molecule has 2 heterocycles. The molecular weight excluding hydrogens is 307 g/mol. The maximum Gasteiger partial charge on any atom is 0.219 e. The highest BCUT2D eigenvalue weighted by atomic mass is 19.1. The van der Waals surface area contributed by atoms with Crippen molar-refractivity contribution in [2.75, 3.05) is 19.6 Å². The number of hydrogen-bond donors (Lipinski definition) is 1. The fourth-order valence-electron chi connectivity index (χ4n) is 3.31. The third-order valence-corrected chi connectivity index (χ3v) is 4.82. The third-order valence-electron chi connectivity index (χ3n) is 4.82. The monoisotopic (exact) mass is 331 g/mol. The number of amides is 1. The summed E-state index contributed by atoms with van der Waals surface area (Å²) in [5.74, 6) is -0.0937. The third kappa shape index (κ3) is 3.33. The number of halogens is 1. The lowest BCUT2D eigenvalue weighted by molar-refractivity contribution is -0.129. The maximum absolute atomic E-state index is 13.2. The Hall–Kier alpha value is -2.21. The molecule has 1 fully saturated rings. The van der Waals surface area contributed by atoms with Gasteiger partial charge in [-0.05, 0) is 31.9 Å². The number of allylic oxidation sites excluding steroid dienone is 1. The highest BCUT2D eigenvalue weighted by Gasteiger charge is 2.32. The number of carbonyl (C=O) groups is 1. The summed E-state index contributed by atoms with van der Waals surface area (Å²) in [6.07, 6.45) is 5.80. The van der Waals surface area contributed by atoms with Crippen LogP contribution in [0, 0.1) is 5.82 Å². The molecule has 128 valence electrons. The number of rotatable bonds is 4. The van der Waals surface area contributed by atoms with Gasteiger partial charge in [-0.3, -0.25) is 4.79 Å². The molecule has 5 nitrogen and oxygen atoms in total. The number of hydrogen-bond acceptors (Lipinski definition) is 3. The minimum absolute atomic E-state index is 0.146. The summed E-state index contributed by atoms with van der Waals surface area (Å²) < 4.78 is 13.5. The molecule has 0 spiro atoms. The van der Waals surface area contributed by atoms with E-state index in [1.807, 2.05) is 11.1 Å². The zero-order valence-electron chi connectivity index (χ0n) is 14.2. The molecule has 0 bridgehead atoms. The van der Waals surface area contributed by atoms with Crippen molar-refractivity contribution in [1.82, 2.24) is 14.8 Å². The predicted molar refractivity (Wildman–Crippen MR) is 93.7 cm³/mol. The summed E-state index contributed by atoms with van der Waals surface area (Å²) in [5.41, 5.74) is 1.93. The number of benzene rings is 1. The van der Waals surface area contributed by atoms with Crippen LogP contribution >= 0.6 is 0 Å². The van der Waals surface area contributed by atoms with E-state index in [2.05, 4.69) is 23.5 Å². The van der Waals surface area contributed by atoms with Crippen molar-refractivity contribution >= 4 is 17.8 Å². The first-order valence-corrected chi connectivity index (χ1v) is 8.47. The van der Waals surface area contributed by atoms with Gasteiger partial charge in [-0.15, -0.1) is 4.59 Å². The van der Waals surface area contributed by atoms with Gasteiger partial charge < -0.3 is 10.2 Å². The van der Waals surface area contributed by atoms with Gasteiger partial charge in [-0.25, -0.2) is 4.39 Å². The highest BCUT2D eigenvalue weighted by molar-refractivity contribution is 5.82. The number of quaternary nitrogens is 1. The molecule has 1 amide bonds. The van der Waals surface area contributed by atoms with Gasteiger partial charge in [-0.2, -0.15) is 0 Å². The summed E-state index contributed by atoms with van der Waals surface area (Å²) >= 11 is 0. The fraction of sp³-hybridized carbons (Fsp3) is 0.444. The van der Waals surface area contributed by atoms with Crippen LogP contribution < -0.4 is 9.91 Å². The van der Waals surface area contributed by atoms with Crippen LogP contribution in [0.2, 0.25) is 0 Å². The molecule has 1 aromatic rings. The Morgan fingerprint density at radius 2 is 2.00 bits per heavy atom. The van der Waals surface area contributed by atoms with Gasteiger partial charge in [0.1, 0.15) is 24.3 Å². The molecule has 3 rings (SSSR count). The second-order valence-electron chi connectivity index (χ2n) is 6.37. The second-order valence-corrected chi connectivity index (χ2v) is 6.37. The zero-order chi connectivity index (χ0) is 17.2. The van der Waals surface area contributed by atoms with Gasteiger partial charge in [0.25, 0.3) is 0 Å². The van der Waals surface area contributed by atoms with Crippen LogP contribution in [-0.4, -0.2) is 42.7 Å². The van der Waals surface area contributed by atoms with E-state index in [4.69, 9.17) is 0 Å². The van der Waals surface area contributed by atoms with E-state index in [0.29, 0.717) is 10.6 Å². The van der Waals surface area contributed by atoms with Gasteiger partial charge in [0.05, 0.1) is 0 Å². The first-order chi connectivity index (χ1) is 11.5. The molecule has 1 saturated heterocycles. The Bertz CT molecular complexity index is 662. The van der Waals surface area contributed by atoms with Crippen molar-refractivity contribution in [3.8, 4) is 0 Å². The Balaban J connectivity index is 1.68. The van der Waals surface area contributed by atoms with Gasteiger partial charge in [0, 0.05) is 38.2 Å². The Labute approximate surface area is 142 Å². The summed E-state index contributed by atoms with van der Waals surface area (Å²) in [5, 5.41) is 8.18. The van der Waals surface area contributed by atoms with Crippen LogP contribution in [0.3, 0.4) is 0 Å². The quantitative estimate of drug-likeness (QED) is 0.862. The van der Waals surface area contributed by atoms with Gasteiger partial charge in [0.2, 0.25) is 5.91 Å². The van der Waals surface area contributed by atoms with Crippen LogP contribution in [-0.2, 0) is 4.79 Å². The van der Waals surface area contributed by atoms with Crippen LogP contribution in [0.1, 0.15) is 26.7 Å². The van der Waals surface area contributed by atoms with E-state index in [9.17, 15) is 9.18 Å². The first-order valence-electron chi connectivity index (χ1n) is 8.47. The van der Waals surface area contributed by atoms with E-state index in [-0.39, 0.29) is 11.7 Å². The predicted octanol–water partition coefficient (Wildman–Crippen LogP) is 2.59. The molecule has 0 aliphatic carbocycles. The summed E-state index contributed by atoms with van der Waals surface area (Å²) in [6.45, 7) is 6.03. The molecule has 0 saturated carbocycles. The molecule has 0 aromatic heterocycles.